The number of hydrogen-bond acceptors (Lipinski definition) is 4. The number of aliphatic imine (C=N–C) groups is 1. The number of para-hydroxylation sites is 2. The summed E-state index contributed by atoms with van der Waals surface area (Å²) in [4.78, 5) is 9.87. The van der Waals surface area contributed by atoms with E-state index in [1.807, 2.05) is 36.5 Å². The van der Waals surface area contributed by atoms with E-state index in [1.54, 1.807) is 0 Å². The molecule has 4 heteroatoms. The van der Waals surface area contributed by atoms with Gasteiger partial charge < -0.3 is 9.64 Å². The average Bonchev–Trinajstić information content (AvgIpc) is 2.86. The van der Waals surface area contributed by atoms with E-state index in [4.69, 9.17) is 4.74 Å². The van der Waals surface area contributed by atoms with Gasteiger partial charge in [0.2, 0.25) is 0 Å². The van der Waals surface area contributed by atoms with E-state index < -0.39 is 0 Å². The van der Waals surface area contributed by atoms with Gasteiger partial charge in [-0.1, -0.05) is 24.6 Å². The predicted molar refractivity (Wildman–Crippen MR) is 102 cm³/mol. The van der Waals surface area contributed by atoms with Crippen molar-refractivity contribution in [3.63, 3.8) is 0 Å². The molecule has 25 heavy (non-hydrogen) atoms. The Bertz CT molecular complexity index is 817. The van der Waals surface area contributed by atoms with Gasteiger partial charge >= 0.3 is 0 Å². The monoisotopic (exact) mass is 333 g/mol. The molecular weight excluding hydrogens is 310 g/mol. The largest absolute Gasteiger partial charge is 0.454 e. The second-order valence-corrected chi connectivity index (χ2v) is 7.15. The van der Waals surface area contributed by atoms with Crippen LogP contribution in [0.1, 0.15) is 24.8 Å². The number of fused-ring (bicyclic) bond motifs is 3. The Morgan fingerprint density at radius 2 is 1.84 bits per heavy atom. The highest BCUT2D eigenvalue weighted by Gasteiger charge is 2.30. The summed E-state index contributed by atoms with van der Waals surface area (Å²) >= 11 is 0. The van der Waals surface area contributed by atoms with Gasteiger partial charge in [0.1, 0.15) is 11.4 Å². The first-order chi connectivity index (χ1) is 12.4. The Morgan fingerprint density at radius 3 is 2.84 bits per heavy atom. The fourth-order valence-electron chi connectivity index (χ4n) is 4.30. The number of rotatable bonds is 1. The van der Waals surface area contributed by atoms with Crippen molar-refractivity contribution in [3.8, 4) is 11.5 Å². The van der Waals surface area contributed by atoms with Crippen molar-refractivity contribution in [1.29, 1.82) is 0 Å². The van der Waals surface area contributed by atoms with E-state index in [0.29, 0.717) is 6.04 Å². The molecule has 1 atom stereocenters. The number of nitrogens with zero attached hydrogens (tertiary/aromatic N) is 3. The summed E-state index contributed by atoms with van der Waals surface area (Å²) in [5.41, 5.74) is 3.24. The van der Waals surface area contributed by atoms with Crippen molar-refractivity contribution in [2.24, 2.45) is 4.99 Å². The molecule has 0 aromatic heterocycles. The molecule has 3 aliphatic heterocycles. The molecule has 4 nitrogen and oxygen atoms in total. The Labute approximate surface area is 148 Å². The van der Waals surface area contributed by atoms with Gasteiger partial charge in [-0.05, 0) is 43.7 Å². The number of anilines is 1. The summed E-state index contributed by atoms with van der Waals surface area (Å²) < 4.78 is 6.18. The van der Waals surface area contributed by atoms with Crippen LogP contribution in [-0.2, 0) is 0 Å². The van der Waals surface area contributed by atoms with Crippen LogP contribution < -0.4 is 9.64 Å². The second-order valence-electron chi connectivity index (χ2n) is 7.15. The number of piperazine rings is 1. The van der Waals surface area contributed by atoms with Crippen molar-refractivity contribution < 1.29 is 4.74 Å². The molecule has 0 amide bonds. The van der Waals surface area contributed by atoms with Crippen LogP contribution in [0.15, 0.2) is 47.5 Å². The minimum absolute atomic E-state index is 0.694. The molecule has 2 aromatic carbocycles. The van der Waals surface area contributed by atoms with E-state index in [9.17, 15) is 0 Å². The van der Waals surface area contributed by atoms with Crippen molar-refractivity contribution in [1.82, 2.24) is 4.90 Å². The van der Waals surface area contributed by atoms with Crippen molar-refractivity contribution >= 4 is 17.6 Å². The molecule has 2 aromatic rings. The topological polar surface area (TPSA) is 28.1 Å². The minimum atomic E-state index is 0.694. The van der Waals surface area contributed by atoms with E-state index in [0.717, 1.165) is 42.4 Å². The van der Waals surface area contributed by atoms with Crippen molar-refractivity contribution in [3.05, 3.63) is 48.0 Å². The van der Waals surface area contributed by atoms with Crippen LogP contribution >= 0.6 is 0 Å². The summed E-state index contributed by atoms with van der Waals surface area (Å²) in [7, 11) is 0. The van der Waals surface area contributed by atoms with Crippen LogP contribution in [0.3, 0.4) is 0 Å². The van der Waals surface area contributed by atoms with E-state index in [1.165, 1.54) is 31.5 Å². The minimum Gasteiger partial charge on any atom is -0.454 e. The molecule has 0 radical (unpaired) electrons. The van der Waals surface area contributed by atoms with Gasteiger partial charge in [-0.25, -0.2) is 0 Å². The zero-order chi connectivity index (χ0) is 16.6. The molecule has 0 saturated carbocycles. The lowest BCUT2D eigenvalue weighted by Gasteiger charge is -2.45. The van der Waals surface area contributed by atoms with Crippen LogP contribution in [0, 0.1) is 0 Å². The molecule has 2 saturated heterocycles. The first-order valence-corrected chi connectivity index (χ1v) is 9.31. The fraction of sp³-hybridized carbons (Fsp3) is 0.381. The molecule has 0 N–H and O–H groups in total. The van der Waals surface area contributed by atoms with Gasteiger partial charge in [0, 0.05) is 37.6 Å². The van der Waals surface area contributed by atoms with Crippen LogP contribution in [0.2, 0.25) is 0 Å². The molecule has 3 heterocycles. The van der Waals surface area contributed by atoms with Gasteiger partial charge in [-0.2, -0.15) is 0 Å². The Hall–Kier alpha value is -2.33. The predicted octanol–water partition coefficient (Wildman–Crippen LogP) is 4.22. The summed E-state index contributed by atoms with van der Waals surface area (Å²) in [6.45, 7) is 4.61. The lowest BCUT2D eigenvalue weighted by atomic mass is 9.98. The highest BCUT2D eigenvalue weighted by Crippen LogP contribution is 2.39. The van der Waals surface area contributed by atoms with Crippen LogP contribution in [0.25, 0.3) is 0 Å². The van der Waals surface area contributed by atoms with E-state index in [2.05, 4.69) is 26.9 Å². The maximum absolute atomic E-state index is 6.18. The number of piperidine rings is 1. The number of hydrogen-bond donors (Lipinski definition) is 0. The summed E-state index contributed by atoms with van der Waals surface area (Å²) in [6, 6.07) is 15.0. The molecule has 2 fully saturated rings. The van der Waals surface area contributed by atoms with Gasteiger partial charge in [0.15, 0.2) is 5.75 Å². The Balaban J connectivity index is 1.49. The molecule has 0 bridgehead atoms. The maximum atomic E-state index is 6.18. The second kappa shape index (κ2) is 6.19. The highest BCUT2D eigenvalue weighted by atomic mass is 16.5. The number of benzene rings is 2. The zero-order valence-electron chi connectivity index (χ0n) is 14.4. The van der Waals surface area contributed by atoms with E-state index in [-0.39, 0.29) is 0 Å². The van der Waals surface area contributed by atoms with Gasteiger partial charge in [-0.3, -0.25) is 9.89 Å². The third kappa shape index (κ3) is 2.71. The smallest absolute Gasteiger partial charge is 0.153 e. The summed E-state index contributed by atoms with van der Waals surface area (Å²) in [6.07, 6.45) is 6.02. The third-order valence-corrected chi connectivity index (χ3v) is 5.64. The lowest BCUT2D eigenvalue weighted by molar-refractivity contribution is 0.133. The van der Waals surface area contributed by atoms with Crippen LogP contribution in [0.5, 0.6) is 11.5 Å². The van der Waals surface area contributed by atoms with Gasteiger partial charge in [0.05, 0.1) is 5.56 Å². The quantitative estimate of drug-likeness (QED) is 0.667. The van der Waals surface area contributed by atoms with Gasteiger partial charge in [-0.15, -0.1) is 0 Å². The zero-order valence-corrected chi connectivity index (χ0v) is 14.4. The lowest BCUT2D eigenvalue weighted by Crippen LogP contribution is -2.55. The molecule has 5 rings (SSSR count). The van der Waals surface area contributed by atoms with Crippen LogP contribution in [-0.4, -0.2) is 43.3 Å². The molecule has 0 aliphatic carbocycles. The molecular formula is C21H23N3O. The average molecular weight is 333 g/mol. The SMILES string of the molecule is C1=Nc2ccccc2Oc2cccc(N3CCN4CCCC[C@H]4C3)c21. The molecule has 0 spiro atoms. The standard InChI is InChI=1S/C21H23N3O/c1-2-9-21-18(7-1)22-14-17-19(8-5-10-20(17)25-21)24-13-12-23-11-4-3-6-16(23)15-24/h1-2,5,7-10,14,16H,3-4,6,11-13,15H2/t16-/m0/s1. The molecule has 3 aliphatic rings. The molecule has 128 valence electrons. The highest BCUT2D eigenvalue weighted by molar-refractivity contribution is 5.94. The van der Waals surface area contributed by atoms with Gasteiger partial charge in [0.25, 0.3) is 0 Å². The molecule has 0 unspecified atom stereocenters. The normalized spacial score (nSPS) is 22.4. The summed E-state index contributed by atoms with van der Waals surface area (Å²) in [5.74, 6) is 1.73. The Morgan fingerprint density at radius 1 is 0.920 bits per heavy atom. The Kier molecular flexibility index (Phi) is 3.71. The number of ether oxygens (including phenoxy) is 1. The third-order valence-electron chi connectivity index (χ3n) is 5.64. The first-order valence-electron chi connectivity index (χ1n) is 9.31. The van der Waals surface area contributed by atoms with Crippen molar-refractivity contribution in [2.75, 3.05) is 31.1 Å². The first kappa shape index (κ1) is 15.0. The van der Waals surface area contributed by atoms with Crippen molar-refractivity contribution in [2.45, 2.75) is 25.3 Å². The summed E-state index contributed by atoms with van der Waals surface area (Å²) in [5, 5.41) is 0. The van der Waals surface area contributed by atoms with Crippen LogP contribution in [0.4, 0.5) is 11.4 Å². The van der Waals surface area contributed by atoms with E-state index >= 15 is 0 Å². The maximum Gasteiger partial charge on any atom is 0.153 e. The fourth-order valence-corrected chi connectivity index (χ4v) is 4.30.